The fourth-order valence-electron chi connectivity index (χ4n) is 3.05. The second-order valence-corrected chi connectivity index (χ2v) is 5.39. The number of hydrogen-bond acceptors (Lipinski definition) is 2. The largest absolute Gasteiger partial charge is 0.497 e. The molecule has 0 bridgehead atoms. The van der Waals surface area contributed by atoms with Gasteiger partial charge < -0.3 is 15.0 Å². The number of ether oxygens (including phenoxy) is 1. The second kappa shape index (κ2) is 3.75. The van der Waals surface area contributed by atoms with E-state index in [-0.39, 0.29) is 5.41 Å². The van der Waals surface area contributed by atoms with Crippen LogP contribution in [0.25, 0.3) is 10.9 Å². The van der Waals surface area contributed by atoms with Crippen molar-refractivity contribution in [2.75, 3.05) is 13.7 Å². The normalized spacial score (nSPS) is 17.1. The Morgan fingerprint density at radius 2 is 2.11 bits per heavy atom. The molecule has 0 aliphatic heterocycles. The molecule has 1 saturated carbocycles. The number of hydrogen-bond donors (Lipinski definition) is 1. The van der Waals surface area contributed by atoms with Crippen molar-refractivity contribution >= 4 is 10.9 Å². The van der Waals surface area contributed by atoms with Crippen LogP contribution in [0.4, 0.5) is 0 Å². The molecule has 0 saturated heterocycles. The van der Waals surface area contributed by atoms with Gasteiger partial charge in [-0.15, -0.1) is 0 Å². The highest BCUT2D eigenvalue weighted by atomic mass is 16.5. The fraction of sp³-hybridized carbons (Fsp3) is 0.467. The van der Waals surface area contributed by atoms with E-state index < -0.39 is 0 Å². The van der Waals surface area contributed by atoms with Crippen molar-refractivity contribution in [2.24, 2.45) is 12.8 Å². The molecule has 18 heavy (non-hydrogen) atoms. The van der Waals surface area contributed by atoms with Crippen molar-refractivity contribution < 1.29 is 4.74 Å². The molecule has 0 unspecified atom stereocenters. The standard InChI is InChI=1S/C15H20N2O/c1-10-14(15(9-16)6-7-15)12-5-4-11(18-3)8-13(12)17(10)2/h4-5,8H,6-7,9,16H2,1-3H3. The molecule has 96 valence electrons. The SMILES string of the molecule is COc1ccc2c(C3(CN)CC3)c(C)n(C)c2c1. The first-order valence-electron chi connectivity index (χ1n) is 6.46. The van der Waals surface area contributed by atoms with Crippen molar-refractivity contribution in [3.63, 3.8) is 0 Å². The van der Waals surface area contributed by atoms with Crippen LogP contribution in [0, 0.1) is 6.92 Å². The Bertz CT molecular complexity index is 608. The third-order valence-corrected chi connectivity index (χ3v) is 4.48. The number of aryl methyl sites for hydroxylation is 1. The average Bonchev–Trinajstić information content (AvgIpc) is 3.14. The van der Waals surface area contributed by atoms with Gasteiger partial charge >= 0.3 is 0 Å². The minimum atomic E-state index is 0.234. The van der Waals surface area contributed by atoms with E-state index in [2.05, 4.69) is 30.7 Å². The van der Waals surface area contributed by atoms with E-state index in [4.69, 9.17) is 10.5 Å². The Morgan fingerprint density at radius 3 is 2.67 bits per heavy atom. The lowest BCUT2D eigenvalue weighted by molar-refractivity contribution is 0.415. The molecule has 1 aliphatic carbocycles. The predicted molar refractivity (Wildman–Crippen MR) is 74.2 cm³/mol. The van der Waals surface area contributed by atoms with Crippen molar-refractivity contribution in [2.45, 2.75) is 25.2 Å². The molecule has 2 N–H and O–H groups in total. The van der Waals surface area contributed by atoms with Crippen molar-refractivity contribution in [1.82, 2.24) is 4.57 Å². The quantitative estimate of drug-likeness (QED) is 0.901. The number of nitrogens with two attached hydrogens (primary N) is 1. The fourth-order valence-corrected chi connectivity index (χ4v) is 3.05. The number of aromatic nitrogens is 1. The molecule has 0 amide bonds. The monoisotopic (exact) mass is 244 g/mol. The number of methoxy groups -OCH3 is 1. The van der Waals surface area contributed by atoms with Gasteiger partial charge in [-0.1, -0.05) is 0 Å². The van der Waals surface area contributed by atoms with Gasteiger partial charge in [0.05, 0.1) is 12.6 Å². The lowest BCUT2D eigenvalue weighted by atomic mass is 9.93. The average molecular weight is 244 g/mol. The minimum Gasteiger partial charge on any atom is -0.497 e. The van der Waals surface area contributed by atoms with Crippen LogP contribution in [-0.2, 0) is 12.5 Å². The molecular weight excluding hydrogens is 224 g/mol. The molecular formula is C15H20N2O. The van der Waals surface area contributed by atoms with E-state index in [0.29, 0.717) is 0 Å². The third-order valence-electron chi connectivity index (χ3n) is 4.48. The summed E-state index contributed by atoms with van der Waals surface area (Å²) in [4.78, 5) is 0. The maximum atomic E-state index is 5.99. The van der Waals surface area contributed by atoms with Gasteiger partial charge in [0.1, 0.15) is 5.75 Å². The highest BCUT2D eigenvalue weighted by Crippen LogP contribution is 2.51. The Balaban J connectivity index is 2.29. The first kappa shape index (κ1) is 11.6. The topological polar surface area (TPSA) is 40.2 Å². The number of rotatable bonds is 3. The third kappa shape index (κ3) is 1.40. The van der Waals surface area contributed by atoms with Crippen LogP contribution in [0.3, 0.4) is 0 Å². The summed E-state index contributed by atoms with van der Waals surface area (Å²) in [6.45, 7) is 2.94. The molecule has 1 aromatic carbocycles. The first-order chi connectivity index (χ1) is 8.63. The van der Waals surface area contributed by atoms with Crippen LogP contribution >= 0.6 is 0 Å². The van der Waals surface area contributed by atoms with Gasteiger partial charge in [-0.2, -0.15) is 0 Å². The van der Waals surface area contributed by atoms with Crippen LogP contribution in [0.15, 0.2) is 18.2 Å². The summed E-state index contributed by atoms with van der Waals surface area (Å²) in [5.41, 5.74) is 10.2. The summed E-state index contributed by atoms with van der Waals surface area (Å²) >= 11 is 0. The molecule has 1 fully saturated rings. The maximum Gasteiger partial charge on any atom is 0.120 e. The van der Waals surface area contributed by atoms with E-state index in [1.807, 2.05) is 6.07 Å². The first-order valence-corrected chi connectivity index (χ1v) is 6.46. The smallest absolute Gasteiger partial charge is 0.120 e. The lowest BCUT2D eigenvalue weighted by Crippen LogP contribution is -2.20. The molecule has 1 aromatic heterocycles. The molecule has 0 spiro atoms. The number of fused-ring (bicyclic) bond motifs is 1. The molecule has 2 aromatic rings. The molecule has 3 heteroatoms. The molecule has 0 atom stereocenters. The summed E-state index contributed by atoms with van der Waals surface area (Å²) < 4.78 is 7.57. The van der Waals surface area contributed by atoms with E-state index >= 15 is 0 Å². The number of benzene rings is 1. The number of nitrogens with zero attached hydrogens (tertiary/aromatic N) is 1. The van der Waals surface area contributed by atoms with Crippen molar-refractivity contribution in [1.29, 1.82) is 0 Å². The van der Waals surface area contributed by atoms with Crippen LogP contribution in [0.2, 0.25) is 0 Å². The molecule has 0 radical (unpaired) electrons. The summed E-state index contributed by atoms with van der Waals surface area (Å²) in [5, 5.41) is 1.33. The summed E-state index contributed by atoms with van der Waals surface area (Å²) in [6, 6.07) is 6.32. The van der Waals surface area contributed by atoms with Crippen molar-refractivity contribution in [3.05, 3.63) is 29.5 Å². The van der Waals surface area contributed by atoms with Gasteiger partial charge in [0, 0.05) is 36.2 Å². The Morgan fingerprint density at radius 1 is 1.39 bits per heavy atom. The van der Waals surface area contributed by atoms with Crippen LogP contribution < -0.4 is 10.5 Å². The van der Waals surface area contributed by atoms with Crippen LogP contribution in [-0.4, -0.2) is 18.2 Å². The zero-order valence-electron chi connectivity index (χ0n) is 11.3. The molecule has 3 nitrogen and oxygen atoms in total. The highest BCUT2D eigenvalue weighted by molar-refractivity contribution is 5.88. The molecule has 3 rings (SSSR count). The van der Waals surface area contributed by atoms with Gasteiger partial charge in [0.2, 0.25) is 0 Å². The molecule has 1 heterocycles. The lowest BCUT2D eigenvalue weighted by Gasteiger charge is -2.13. The summed E-state index contributed by atoms with van der Waals surface area (Å²) in [6.07, 6.45) is 2.44. The molecule has 1 aliphatic rings. The van der Waals surface area contributed by atoms with E-state index in [0.717, 1.165) is 12.3 Å². The van der Waals surface area contributed by atoms with Gasteiger partial charge in [0.15, 0.2) is 0 Å². The van der Waals surface area contributed by atoms with E-state index in [1.165, 1.54) is 35.0 Å². The van der Waals surface area contributed by atoms with Gasteiger partial charge in [-0.3, -0.25) is 0 Å². The van der Waals surface area contributed by atoms with E-state index in [1.54, 1.807) is 7.11 Å². The maximum absolute atomic E-state index is 5.99. The second-order valence-electron chi connectivity index (χ2n) is 5.39. The zero-order chi connectivity index (χ0) is 12.9. The van der Waals surface area contributed by atoms with Crippen LogP contribution in [0.1, 0.15) is 24.1 Å². The van der Waals surface area contributed by atoms with Gasteiger partial charge in [0.25, 0.3) is 0 Å². The van der Waals surface area contributed by atoms with Gasteiger partial charge in [-0.05, 0) is 37.5 Å². The predicted octanol–water partition coefficient (Wildman–Crippen LogP) is 2.49. The summed E-state index contributed by atoms with van der Waals surface area (Å²) in [7, 11) is 3.83. The van der Waals surface area contributed by atoms with Crippen LogP contribution in [0.5, 0.6) is 5.75 Å². The Kier molecular flexibility index (Phi) is 2.42. The zero-order valence-corrected chi connectivity index (χ0v) is 11.3. The Hall–Kier alpha value is -1.48. The van der Waals surface area contributed by atoms with Gasteiger partial charge in [-0.25, -0.2) is 0 Å². The van der Waals surface area contributed by atoms with Crippen molar-refractivity contribution in [3.8, 4) is 5.75 Å². The minimum absolute atomic E-state index is 0.234. The summed E-state index contributed by atoms with van der Waals surface area (Å²) in [5.74, 6) is 0.909. The Labute approximate surface area is 108 Å². The van der Waals surface area contributed by atoms with E-state index in [9.17, 15) is 0 Å². The highest BCUT2D eigenvalue weighted by Gasteiger charge is 2.45.